The minimum atomic E-state index is -0.427. The highest BCUT2D eigenvalue weighted by Gasteiger charge is 2.32. The number of nitrogens with one attached hydrogen (secondary N) is 1. The molecule has 2 rings (SSSR count). The number of nitrogens with zero attached hydrogens (tertiary/aromatic N) is 1. The molecule has 20 heavy (non-hydrogen) atoms. The largest absolute Gasteiger partial charge is 0.504 e. The van der Waals surface area contributed by atoms with Crippen LogP contribution in [0.15, 0.2) is 17.8 Å². The number of urea groups is 1. The van der Waals surface area contributed by atoms with Gasteiger partial charge in [0.05, 0.1) is 10.7 Å². The summed E-state index contributed by atoms with van der Waals surface area (Å²) in [5, 5.41) is 12.3. The monoisotopic (exact) mass is 388 g/mol. The van der Waals surface area contributed by atoms with E-state index in [9.17, 15) is 14.7 Å². The number of benzene rings is 1. The summed E-state index contributed by atoms with van der Waals surface area (Å²) in [5.41, 5.74) is 0.867. The van der Waals surface area contributed by atoms with Crippen LogP contribution in [0, 0.1) is 3.57 Å². The average molecular weight is 388 g/mol. The first-order chi connectivity index (χ1) is 9.47. The molecule has 1 aliphatic rings. The van der Waals surface area contributed by atoms with Crippen molar-refractivity contribution in [2.75, 3.05) is 13.7 Å². The fourth-order valence-electron chi connectivity index (χ4n) is 1.86. The Morgan fingerprint density at radius 3 is 2.70 bits per heavy atom. The van der Waals surface area contributed by atoms with Gasteiger partial charge in [0, 0.05) is 6.54 Å². The zero-order valence-corrected chi connectivity index (χ0v) is 13.1. The summed E-state index contributed by atoms with van der Waals surface area (Å²) < 4.78 is 5.65. The molecule has 0 aliphatic carbocycles. The standard InChI is InChI=1S/C13H13IN2O4/c1-3-16-12(18)9(15-13(16)19)5-7-4-8(14)11(17)10(6-7)20-2/h4-6,17H,3H2,1-2H3,(H,15,19)/b9-5+. The van der Waals surface area contributed by atoms with Gasteiger partial charge in [0.25, 0.3) is 5.91 Å². The molecule has 7 heteroatoms. The van der Waals surface area contributed by atoms with Crippen molar-refractivity contribution in [3.63, 3.8) is 0 Å². The van der Waals surface area contributed by atoms with Crippen LogP contribution < -0.4 is 10.1 Å². The molecule has 2 N–H and O–H groups in total. The first-order valence-corrected chi connectivity index (χ1v) is 6.96. The lowest BCUT2D eigenvalue weighted by Gasteiger charge is -2.07. The fourth-order valence-corrected chi connectivity index (χ4v) is 2.48. The molecule has 1 fully saturated rings. The Morgan fingerprint density at radius 2 is 2.15 bits per heavy atom. The lowest BCUT2D eigenvalue weighted by Crippen LogP contribution is -2.30. The van der Waals surface area contributed by atoms with Crippen LogP contribution in [0.5, 0.6) is 11.5 Å². The second-order valence-corrected chi connectivity index (χ2v) is 5.25. The molecular formula is C13H13IN2O4. The topological polar surface area (TPSA) is 78.9 Å². The lowest BCUT2D eigenvalue weighted by molar-refractivity contribution is -0.122. The number of carbonyl (C=O) groups is 2. The number of amides is 3. The van der Waals surface area contributed by atoms with Gasteiger partial charge in [-0.1, -0.05) is 0 Å². The van der Waals surface area contributed by atoms with Crippen LogP contribution in [0.25, 0.3) is 6.08 Å². The molecule has 1 saturated heterocycles. The first kappa shape index (κ1) is 14.6. The van der Waals surface area contributed by atoms with Gasteiger partial charge in [-0.05, 0) is 53.3 Å². The lowest BCUT2D eigenvalue weighted by atomic mass is 10.1. The number of hydrogen-bond donors (Lipinski definition) is 2. The number of imide groups is 1. The number of methoxy groups -OCH3 is 1. The molecule has 3 amide bonds. The first-order valence-electron chi connectivity index (χ1n) is 5.89. The zero-order chi connectivity index (χ0) is 14.9. The highest BCUT2D eigenvalue weighted by molar-refractivity contribution is 14.1. The minimum absolute atomic E-state index is 0.0484. The Labute approximate surface area is 129 Å². The second kappa shape index (κ2) is 5.70. The van der Waals surface area contributed by atoms with Gasteiger partial charge in [0.1, 0.15) is 5.70 Å². The van der Waals surface area contributed by atoms with Crippen molar-refractivity contribution < 1.29 is 19.4 Å². The van der Waals surface area contributed by atoms with Crippen molar-refractivity contribution in [3.05, 3.63) is 27.0 Å². The maximum absolute atomic E-state index is 11.9. The minimum Gasteiger partial charge on any atom is -0.504 e. The Morgan fingerprint density at radius 1 is 1.45 bits per heavy atom. The number of carbonyl (C=O) groups excluding carboxylic acids is 2. The van der Waals surface area contributed by atoms with E-state index in [1.165, 1.54) is 7.11 Å². The smallest absolute Gasteiger partial charge is 0.328 e. The van der Waals surface area contributed by atoms with Gasteiger partial charge in [0.15, 0.2) is 11.5 Å². The number of hydrogen-bond acceptors (Lipinski definition) is 4. The fraction of sp³-hybridized carbons (Fsp3) is 0.231. The number of phenols is 1. The van der Waals surface area contributed by atoms with Crippen molar-refractivity contribution in [1.82, 2.24) is 10.2 Å². The van der Waals surface area contributed by atoms with Crippen LogP contribution in [0.1, 0.15) is 12.5 Å². The van der Waals surface area contributed by atoms with E-state index in [-0.39, 0.29) is 17.4 Å². The number of ether oxygens (including phenoxy) is 1. The summed E-state index contributed by atoms with van der Waals surface area (Å²) in [4.78, 5) is 24.6. The molecule has 106 valence electrons. The predicted octanol–water partition coefficient (Wildman–Crippen LogP) is 1.92. The maximum atomic E-state index is 11.9. The van der Waals surface area contributed by atoms with E-state index < -0.39 is 6.03 Å². The summed E-state index contributed by atoms with van der Waals surface area (Å²) in [7, 11) is 1.45. The van der Waals surface area contributed by atoms with E-state index >= 15 is 0 Å². The van der Waals surface area contributed by atoms with Crippen molar-refractivity contribution in [2.24, 2.45) is 0 Å². The predicted molar refractivity (Wildman–Crippen MR) is 81.3 cm³/mol. The molecular weight excluding hydrogens is 375 g/mol. The van der Waals surface area contributed by atoms with E-state index in [1.807, 2.05) is 22.6 Å². The van der Waals surface area contributed by atoms with E-state index in [4.69, 9.17) is 4.74 Å². The van der Waals surface area contributed by atoms with Gasteiger partial charge < -0.3 is 15.2 Å². The molecule has 1 aromatic carbocycles. The van der Waals surface area contributed by atoms with Crippen LogP contribution >= 0.6 is 22.6 Å². The second-order valence-electron chi connectivity index (χ2n) is 4.09. The highest BCUT2D eigenvalue weighted by atomic mass is 127. The Hall–Kier alpha value is -1.77. The Balaban J connectivity index is 2.39. The third-order valence-electron chi connectivity index (χ3n) is 2.86. The number of phenolic OH excluding ortho intramolecular Hbond substituents is 1. The van der Waals surface area contributed by atoms with Crippen LogP contribution in [0.4, 0.5) is 4.79 Å². The molecule has 1 aliphatic heterocycles. The molecule has 1 heterocycles. The van der Waals surface area contributed by atoms with Crippen molar-refractivity contribution >= 4 is 40.6 Å². The Kier molecular flexibility index (Phi) is 4.17. The third kappa shape index (κ3) is 2.58. The molecule has 0 spiro atoms. The van der Waals surface area contributed by atoms with Gasteiger partial charge in [-0.25, -0.2) is 4.79 Å². The highest BCUT2D eigenvalue weighted by Crippen LogP contribution is 2.33. The summed E-state index contributed by atoms with van der Waals surface area (Å²) >= 11 is 1.96. The normalized spacial score (nSPS) is 16.8. The number of aromatic hydroxyl groups is 1. The molecule has 0 saturated carbocycles. The summed E-state index contributed by atoms with van der Waals surface area (Å²) in [5.74, 6) is -0.000334. The van der Waals surface area contributed by atoms with Crippen LogP contribution in [-0.4, -0.2) is 35.6 Å². The molecule has 0 aromatic heterocycles. The maximum Gasteiger partial charge on any atom is 0.328 e. The van der Waals surface area contributed by atoms with Crippen LogP contribution in [0.2, 0.25) is 0 Å². The van der Waals surface area contributed by atoms with Gasteiger partial charge in [-0.15, -0.1) is 0 Å². The summed E-state index contributed by atoms with van der Waals surface area (Å²) in [6.07, 6.45) is 1.56. The van der Waals surface area contributed by atoms with Gasteiger partial charge in [-0.2, -0.15) is 0 Å². The zero-order valence-electron chi connectivity index (χ0n) is 10.9. The number of likely N-dealkylation sites (N-methyl/N-ethyl adjacent to an activating group) is 1. The number of halogens is 1. The van der Waals surface area contributed by atoms with Crippen molar-refractivity contribution in [1.29, 1.82) is 0 Å². The SMILES string of the molecule is CCN1C(=O)N/C(=C/c2cc(I)c(O)c(OC)c2)C1=O. The van der Waals surface area contributed by atoms with Crippen LogP contribution in [0.3, 0.4) is 0 Å². The average Bonchev–Trinajstić information content (AvgIpc) is 2.68. The molecule has 0 unspecified atom stereocenters. The molecule has 1 aromatic rings. The molecule has 0 bridgehead atoms. The van der Waals surface area contributed by atoms with Gasteiger partial charge in [0.2, 0.25) is 0 Å². The van der Waals surface area contributed by atoms with Crippen molar-refractivity contribution in [2.45, 2.75) is 6.92 Å². The molecule has 0 atom stereocenters. The van der Waals surface area contributed by atoms with E-state index in [0.29, 0.717) is 21.4 Å². The van der Waals surface area contributed by atoms with E-state index in [1.54, 1.807) is 25.1 Å². The van der Waals surface area contributed by atoms with E-state index in [0.717, 1.165) is 4.90 Å². The summed E-state index contributed by atoms with van der Waals surface area (Å²) in [6, 6.07) is 2.86. The Bertz CT molecular complexity index is 613. The summed E-state index contributed by atoms with van der Waals surface area (Å²) in [6.45, 7) is 2.05. The van der Waals surface area contributed by atoms with Crippen molar-refractivity contribution in [3.8, 4) is 11.5 Å². The van der Waals surface area contributed by atoms with Gasteiger partial charge in [-0.3, -0.25) is 9.69 Å². The van der Waals surface area contributed by atoms with E-state index in [2.05, 4.69) is 5.32 Å². The van der Waals surface area contributed by atoms with Crippen LogP contribution in [-0.2, 0) is 4.79 Å². The van der Waals surface area contributed by atoms with Gasteiger partial charge >= 0.3 is 6.03 Å². The third-order valence-corrected chi connectivity index (χ3v) is 3.68. The number of rotatable bonds is 3. The quantitative estimate of drug-likeness (QED) is 0.471. The molecule has 0 radical (unpaired) electrons. The molecule has 6 nitrogen and oxygen atoms in total.